The van der Waals surface area contributed by atoms with Crippen molar-refractivity contribution in [2.45, 2.75) is 128 Å². The predicted molar refractivity (Wildman–Crippen MR) is 256 cm³/mol. The van der Waals surface area contributed by atoms with E-state index in [1.54, 1.807) is 86.7 Å². The number of aromatic amines is 2. The Morgan fingerprint density at radius 3 is 1.64 bits per heavy atom. The van der Waals surface area contributed by atoms with Gasteiger partial charge in [-0.2, -0.15) is 0 Å². The maximum Gasteiger partial charge on any atom is 0.408 e. The molecule has 4 amide bonds. The van der Waals surface area contributed by atoms with Crippen molar-refractivity contribution in [3.63, 3.8) is 0 Å². The van der Waals surface area contributed by atoms with E-state index in [0.29, 0.717) is 86.8 Å². The summed E-state index contributed by atoms with van der Waals surface area (Å²) >= 11 is 0. The van der Waals surface area contributed by atoms with Gasteiger partial charge in [0.2, 0.25) is 0 Å². The van der Waals surface area contributed by atoms with Crippen molar-refractivity contribution in [2.75, 3.05) is 31.1 Å². The van der Waals surface area contributed by atoms with Crippen LogP contribution in [0.3, 0.4) is 0 Å². The summed E-state index contributed by atoms with van der Waals surface area (Å²) in [6.45, 7) is 12.3. The number of likely N-dealkylation sites (tertiary alicyclic amines) is 2. The number of imidazole rings is 2. The van der Waals surface area contributed by atoms with Gasteiger partial charge in [-0.3, -0.25) is 9.59 Å². The van der Waals surface area contributed by atoms with E-state index in [0.717, 1.165) is 18.5 Å². The van der Waals surface area contributed by atoms with E-state index in [9.17, 15) is 19.2 Å². The van der Waals surface area contributed by atoms with Crippen molar-refractivity contribution in [3.8, 4) is 11.3 Å². The third-order valence-electron chi connectivity index (χ3n) is 12.8. The van der Waals surface area contributed by atoms with E-state index in [1.165, 1.54) is 18.3 Å². The van der Waals surface area contributed by atoms with Gasteiger partial charge in [0.25, 0.3) is 11.8 Å². The van der Waals surface area contributed by atoms with Gasteiger partial charge in [0, 0.05) is 49.6 Å². The minimum absolute atomic E-state index is 0.0491. The van der Waals surface area contributed by atoms with Gasteiger partial charge >= 0.3 is 12.2 Å². The Morgan fingerprint density at radius 1 is 0.638 bits per heavy atom. The summed E-state index contributed by atoms with van der Waals surface area (Å²) in [4.78, 5) is 75.7. The number of ether oxygens (including phenoxy) is 2. The number of carbonyl (C=O) groups is 4. The quantitative estimate of drug-likeness (QED) is 0.100. The molecule has 5 heterocycles. The van der Waals surface area contributed by atoms with Crippen LogP contribution in [0.5, 0.6) is 0 Å². The summed E-state index contributed by atoms with van der Waals surface area (Å²) in [6.07, 6.45) is 6.88. The molecule has 0 unspecified atom stereocenters. The highest BCUT2D eigenvalue weighted by Crippen LogP contribution is 2.39. The number of halogens is 2. The number of carbonyl (C=O) groups excluding carboxylic acids is 4. The normalized spacial score (nSPS) is 18.9. The third kappa shape index (κ3) is 11.6. The van der Waals surface area contributed by atoms with Crippen LogP contribution in [-0.4, -0.2) is 91.1 Å². The molecule has 366 valence electrons. The number of anilines is 1. The van der Waals surface area contributed by atoms with Gasteiger partial charge in [0.05, 0.1) is 24.0 Å². The molecule has 0 saturated carbocycles. The van der Waals surface area contributed by atoms with Gasteiger partial charge in [-0.1, -0.05) is 60.7 Å². The molecule has 0 aliphatic carbocycles. The summed E-state index contributed by atoms with van der Waals surface area (Å²) < 4.78 is 43.1. The monoisotopic (exact) mass is 947 g/mol. The Hall–Kier alpha value is -6.78. The number of H-pyrrole nitrogens is 2. The van der Waals surface area contributed by atoms with Crippen molar-refractivity contribution >= 4 is 29.7 Å². The lowest BCUT2D eigenvalue weighted by atomic mass is 9.93. The highest BCUT2D eigenvalue weighted by molar-refractivity contribution is 5.88. The largest absolute Gasteiger partial charge is 0.444 e. The standard InChI is InChI=1S/C52H63F2N9O6/c1-51(2,3)68-49(66)59-42(33-16-9-7-10-17-33)47(64)62-24-14-13-20-40(62)45-55-30-38(57-45)32-22-26-61(27-23-32)44-36(53)28-35(29-37(44)54)39-31-56-46(58-39)41-21-15-25-63(41)48(65)43(34-18-11-8-12-19-34)60-50(67)69-52(4,5)6/h7-12,16-19,28-32,40-43H,13-15,20-27H2,1-6H3,(H,55,57)(H,56,58)(H,59,66)(H,60,67)/t40-,41-,42+,43+/m0/s1. The van der Waals surface area contributed by atoms with Crippen LogP contribution in [0.4, 0.5) is 24.1 Å². The molecule has 2 aromatic heterocycles. The van der Waals surface area contributed by atoms with Crippen LogP contribution in [0.2, 0.25) is 0 Å². The van der Waals surface area contributed by atoms with E-state index in [-0.39, 0.29) is 35.0 Å². The lowest BCUT2D eigenvalue weighted by Crippen LogP contribution is -2.47. The first-order valence-electron chi connectivity index (χ1n) is 24.0. The molecule has 4 N–H and O–H groups in total. The van der Waals surface area contributed by atoms with E-state index in [2.05, 4.69) is 25.6 Å². The van der Waals surface area contributed by atoms with Crippen LogP contribution in [-0.2, 0) is 19.1 Å². The van der Waals surface area contributed by atoms with Crippen molar-refractivity contribution in [3.05, 3.63) is 125 Å². The lowest BCUT2D eigenvalue weighted by Gasteiger charge is -2.37. The van der Waals surface area contributed by atoms with Crippen molar-refractivity contribution in [1.82, 2.24) is 40.4 Å². The number of benzene rings is 3. The van der Waals surface area contributed by atoms with Crippen molar-refractivity contribution in [2.24, 2.45) is 0 Å². The highest BCUT2D eigenvalue weighted by atomic mass is 19.1. The number of alkyl carbamates (subject to hydrolysis) is 2. The number of hydrogen-bond donors (Lipinski definition) is 4. The molecule has 8 rings (SSSR count). The number of piperidine rings is 2. The average Bonchev–Trinajstić information content (AvgIpc) is 4.12. The molecule has 15 nitrogen and oxygen atoms in total. The molecule has 69 heavy (non-hydrogen) atoms. The zero-order valence-corrected chi connectivity index (χ0v) is 40.2. The summed E-state index contributed by atoms with van der Waals surface area (Å²) in [7, 11) is 0. The zero-order valence-electron chi connectivity index (χ0n) is 40.2. The van der Waals surface area contributed by atoms with Crippen LogP contribution >= 0.6 is 0 Å². The van der Waals surface area contributed by atoms with Crippen molar-refractivity contribution < 1.29 is 37.4 Å². The number of hydrogen-bond acceptors (Lipinski definition) is 9. The fourth-order valence-corrected chi connectivity index (χ4v) is 9.66. The Kier molecular flexibility index (Phi) is 14.4. The maximum atomic E-state index is 16.1. The number of amides is 4. The van der Waals surface area contributed by atoms with E-state index >= 15 is 8.78 Å². The van der Waals surface area contributed by atoms with Gasteiger partial charge in [-0.15, -0.1) is 0 Å². The Bertz CT molecular complexity index is 2580. The first kappa shape index (κ1) is 48.7. The molecular formula is C52H63F2N9O6. The molecule has 0 bridgehead atoms. The van der Waals surface area contributed by atoms with Crippen LogP contribution in [0.15, 0.2) is 85.2 Å². The molecule has 0 radical (unpaired) electrons. The molecular weight excluding hydrogens is 885 g/mol. The number of nitrogens with one attached hydrogen (secondary N) is 4. The number of rotatable bonds is 11. The third-order valence-corrected chi connectivity index (χ3v) is 12.8. The predicted octanol–water partition coefficient (Wildman–Crippen LogP) is 9.71. The second-order valence-corrected chi connectivity index (χ2v) is 20.2. The van der Waals surface area contributed by atoms with E-state index in [4.69, 9.17) is 14.5 Å². The van der Waals surface area contributed by atoms with Gasteiger partial charge in [-0.25, -0.2) is 28.3 Å². The second-order valence-electron chi connectivity index (χ2n) is 20.2. The van der Waals surface area contributed by atoms with Gasteiger partial charge in [0.1, 0.15) is 52.3 Å². The number of aromatic nitrogens is 4. The van der Waals surface area contributed by atoms with Crippen molar-refractivity contribution in [1.29, 1.82) is 0 Å². The molecule has 3 aliphatic rings. The smallest absolute Gasteiger partial charge is 0.408 e. The number of nitrogens with zero attached hydrogens (tertiary/aromatic N) is 5. The van der Waals surface area contributed by atoms with Crippen LogP contribution in [0, 0.1) is 11.6 Å². The molecule has 5 aromatic rings. The zero-order chi connectivity index (χ0) is 49.0. The van der Waals surface area contributed by atoms with Crippen LogP contribution in [0.25, 0.3) is 11.3 Å². The first-order valence-corrected chi connectivity index (χ1v) is 24.0. The minimum atomic E-state index is -1.00. The Morgan fingerprint density at radius 2 is 1.12 bits per heavy atom. The van der Waals surface area contributed by atoms with Gasteiger partial charge in [-0.05, 0) is 110 Å². The highest BCUT2D eigenvalue weighted by Gasteiger charge is 2.39. The van der Waals surface area contributed by atoms with Crippen LogP contribution in [0.1, 0.15) is 145 Å². The fraction of sp³-hybridized carbons (Fsp3) is 0.462. The van der Waals surface area contributed by atoms with Gasteiger partial charge < -0.3 is 44.8 Å². The minimum Gasteiger partial charge on any atom is -0.444 e. The maximum absolute atomic E-state index is 16.1. The Balaban J connectivity index is 0.917. The summed E-state index contributed by atoms with van der Waals surface area (Å²) in [5.74, 6) is -0.776. The van der Waals surface area contributed by atoms with E-state index in [1.807, 2.05) is 36.4 Å². The molecule has 3 saturated heterocycles. The molecule has 3 aliphatic heterocycles. The molecule has 4 atom stereocenters. The fourth-order valence-electron chi connectivity index (χ4n) is 9.66. The summed E-state index contributed by atoms with van der Waals surface area (Å²) in [5.41, 5.74) is 1.24. The van der Waals surface area contributed by atoms with E-state index < -0.39 is 53.1 Å². The topological polar surface area (TPSA) is 178 Å². The second kappa shape index (κ2) is 20.4. The summed E-state index contributed by atoms with van der Waals surface area (Å²) in [6, 6.07) is 18.0. The lowest BCUT2D eigenvalue weighted by molar-refractivity contribution is -0.138. The molecule has 0 spiro atoms. The Labute approximate surface area is 401 Å². The average molecular weight is 948 g/mol. The molecule has 3 aromatic carbocycles. The molecule has 17 heteroatoms. The SMILES string of the molecule is CC(C)(C)OC(=O)N[C@@H](C(=O)N1CCC[C@H]1c1ncc(-c2cc(F)c(N3CCC(c4cnc([C@@H]5CCCCN5C(=O)[C@H](NC(=O)OC(C)(C)C)c5ccccc5)[nH]4)CC3)c(F)c2)[nH]1)c1ccccc1. The molecule has 3 fully saturated rings. The first-order chi connectivity index (χ1) is 32.9. The van der Waals surface area contributed by atoms with Crippen LogP contribution < -0.4 is 15.5 Å². The summed E-state index contributed by atoms with van der Waals surface area (Å²) in [5, 5.41) is 5.57. The van der Waals surface area contributed by atoms with Gasteiger partial charge in [0.15, 0.2) is 0 Å².